The zero-order chi connectivity index (χ0) is 19.0. The summed E-state index contributed by atoms with van der Waals surface area (Å²) >= 11 is 0. The molecule has 0 saturated carbocycles. The van der Waals surface area contributed by atoms with Gasteiger partial charge in [0.1, 0.15) is 0 Å². The van der Waals surface area contributed by atoms with Crippen LogP contribution >= 0.6 is 0 Å². The molecule has 0 atom stereocenters. The van der Waals surface area contributed by atoms with Crippen LogP contribution in [-0.2, 0) is 11.3 Å². The summed E-state index contributed by atoms with van der Waals surface area (Å²) in [4.78, 5) is 37.2. The number of benzene rings is 2. The van der Waals surface area contributed by atoms with Crippen LogP contribution < -0.4 is 10.6 Å². The topological polar surface area (TPSA) is 107 Å². The SMILES string of the molecule is Cc1ccc2[nH]nc(C(=O)Nc3cccc(CN4C(=O)CNC4=O)c3)c2c1. The molecule has 3 N–H and O–H groups in total. The fraction of sp³-hybridized carbons (Fsp3) is 0.158. The van der Waals surface area contributed by atoms with Gasteiger partial charge in [-0.1, -0.05) is 23.8 Å². The second kappa shape index (κ2) is 6.56. The Bertz CT molecular complexity index is 1060. The van der Waals surface area contributed by atoms with Gasteiger partial charge in [-0.15, -0.1) is 0 Å². The minimum Gasteiger partial charge on any atom is -0.329 e. The Morgan fingerprint density at radius 1 is 1.22 bits per heavy atom. The van der Waals surface area contributed by atoms with E-state index in [0.717, 1.165) is 26.9 Å². The molecule has 0 aliphatic carbocycles. The third-order valence-corrected chi connectivity index (χ3v) is 4.40. The van der Waals surface area contributed by atoms with E-state index in [1.807, 2.05) is 25.1 Å². The van der Waals surface area contributed by atoms with Crippen molar-refractivity contribution in [2.75, 3.05) is 11.9 Å². The lowest BCUT2D eigenvalue weighted by Gasteiger charge is -2.13. The van der Waals surface area contributed by atoms with Crippen LogP contribution in [0, 0.1) is 6.92 Å². The second-order valence-electron chi connectivity index (χ2n) is 6.41. The van der Waals surface area contributed by atoms with Crippen LogP contribution in [0.5, 0.6) is 0 Å². The van der Waals surface area contributed by atoms with E-state index >= 15 is 0 Å². The number of urea groups is 1. The molecule has 1 saturated heterocycles. The molecule has 0 bridgehead atoms. The molecule has 0 radical (unpaired) electrons. The Morgan fingerprint density at radius 2 is 2.07 bits per heavy atom. The maximum atomic E-state index is 12.6. The molecule has 1 aliphatic heterocycles. The summed E-state index contributed by atoms with van der Waals surface area (Å²) < 4.78 is 0. The number of amides is 4. The summed E-state index contributed by atoms with van der Waals surface area (Å²) in [5, 5.41) is 13.0. The first-order valence-corrected chi connectivity index (χ1v) is 8.44. The number of H-pyrrole nitrogens is 1. The predicted molar refractivity (Wildman–Crippen MR) is 99.2 cm³/mol. The van der Waals surface area contributed by atoms with Crippen LogP contribution in [-0.4, -0.2) is 39.5 Å². The third kappa shape index (κ3) is 3.24. The molecule has 1 aliphatic rings. The van der Waals surface area contributed by atoms with E-state index in [-0.39, 0.29) is 24.9 Å². The van der Waals surface area contributed by atoms with Crippen molar-refractivity contribution in [3.63, 3.8) is 0 Å². The predicted octanol–water partition coefficient (Wildman–Crippen LogP) is 2.18. The maximum Gasteiger partial charge on any atom is 0.324 e. The quantitative estimate of drug-likeness (QED) is 0.618. The van der Waals surface area contributed by atoms with Gasteiger partial charge in [0.2, 0.25) is 5.91 Å². The van der Waals surface area contributed by atoms with E-state index in [0.29, 0.717) is 11.4 Å². The van der Waals surface area contributed by atoms with Crippen LogP contribution in [0.25, 0.3) is 10.9 Å². The normalized spacial score (nSPS) is 13.9. The van der Waals surface area contributed by atoms with Crippen molar-refractivity contribution < 1.29 is 14.4 Å². The van der Waals surface area contributed by atoms with E-state index in [1.165, 1.54) is 0 Å². The number of hydrogen-bond donors (Lipinski definition) is 3. The molecular weight excluding hydrogens is 346 g/mol. The number of aromatic nitrogens is 2. The van der Waals surface area contributed by atoms with E-state index < -0.39 is 6.03 Å². The van der Waals surface area contributed by atoms with Gasteiger partial charge < -0.3 is 10.6 Å². The average molecular weight is 363 g/mol. The first-order chi connectivity index (χ1) is 13.0. The van der Waals surface area contributed by atoms with Gasteiger partial charge in [-0.25, -0.2) is 4.79 Å². The molecule has 4 amide bonds. The third-order valence-electron chi connectivity index (χ3n) is 4.40. The van der Waals surface area contributed by atoms with Crippen molar-refractivity contribution in [1.29, 1.82) is 0 Å². The van der Waals surface area contributed by atoms with Crippen LogP contribution in [0.3, 0.4) is 0 Å². The van der Waals surface area contributed by atoms with Crippen molar-refractivity contribution in [3.8, 4) is 0 Å². The highest BCUT2D eigenvalue weighted by Gasteiger charge is 2.28. The van der Waals surface area contributed by atoms with Gasteiger partial charge in [-0.3, -0.25) is 19.6 Å². The minimum atomic E-state index is -0.409. The van der Waals surface area contributed by atoms with Crippen LogP contribution in [0.2, 0.25) is 0 Å². The molecule has 0 unspecified atom stereocenters. The number of aromatic amines is 1. The van der Waals surface area contributed by atoms with Crippen molar-refractivity contribution in [3.05, 3.63) is 59.3 Å². The average Bonchev–Trinajstić information content (AvgIpc) is 3.20. The van der Waals surface area contributed by atoms with Crippen molar-refractivity contribution >= 4 is 34.4 Å². The molecule has 4 rings (SSSR count). The number of fused-ring (bicyclic) bond motifs is 1. The largest absolute Gasteiger partial charge is 0.329 e. The lowest BCUT2D eigenvalue weighted by Crippen LogP contribution is -2.30. The van der Waals surface area contributed by atoms with Crippen LogP contribution in [0.15, 0.2) is 42.5 Å². The first kappa shape index (κ1) is 16.8. The van der Waals surface area contributed by atoms with Crippen LogP contribution in [0.4, 0.5) is 10.5 Å². The lowest BCUT2D eigenvalue weighted by molar-refractivity contribution is -0.125. The highest BCUT2D eigenvalue weighted by atomic mass is 16.2. The minimum absolute atomic E-state index is 0.0148. The summed E-state index contributed by atoms with van der Waals surface area (Å²) in [5.74, 6) is -0.605. The van der Waals surface area contributed by atoms with Gasteiger partial charge in [0.05, 0.1) is 18.6 Å². The number of carbonyl (C=O) groups excluding carboxylic acids is 3. The van der Waals surface area contributed by atoms with Gasteiger partial charge in [0.15, 0.2) is 5.69 Å². The number of rotatable bonds is 4. The maximum absolute atomic E-state index is 12.6. The Morgan fingerprint density at radius 3 is 2.85 bits per heavy atom. The Labute approximate surface area is 154 Å². The summed E-state index contributed by atoms with van der Waals surface area (Å²) in [7, 11) is 0. The van der Waals surface area contributed by atoms with Crippen molar-refractivity contribution in [2.24, 2.45) is 0 Å². The molecule has 0 spiro atoms. The lowest BCUT2D eigenvalue weighted by atomic mass is 10.1. The number of aryl methyl sites for hydroxylation is 1. The fourth-order valence-corrected chi connectivity index (χ4v) is 3.04. The number of nitrogens with one attached hydrogen (secondary N) is 3. The molecule has 3 aromatic rings. The second-order valence-corrected chi connectivity index (χ2v) is 6.41. The number of imide groups is 1. The number of anilines is 1. The van der Waals surface area contributed by atoms with Gasteiger partial charge >= 0.3 is 6.03 Å². The molecular formula is C19H17N5O3. The van der Waals surface area contributed by atoms with Gasteiger partial charge in [-0.05, 0) is 36.8 Å². The molecule has 1 aromatic heterocycles. The Hall–Kier alpha value is -3.68. The Kier molecular flexibility index (Phi) is 4.08. The summed E-state index contributed by atoms with van der Waals surface area (Å²) in [6.45, 7) is 2.12. The number of carbonyl (C=O) groups is 3. The van der Waals surface area contributed by atoms with Gasteiger partial charge in [0, 0.05) is 11.1 Å². The number of nitrogens with zero attached hydrogens (tertiary/aromatic N) is 2. The number of hydrogen-bond acceptors (Lipinski definition) is 4. The summed E-state index contributed by atoms with van der Waals surface area (Å²) in [6.07, 6.45) is 0. The fourth-order valence-electron chi connectivity index (χ4n) is 3.04. The molecule has 27 heavy (non-hydrogen) atoms. The molecule has 8 nitrogen and oxygen atoms in total. The van der Waals surface area contributed by atoms with Crippen molar-refractivity contribution in [1.82, 2.24) is 20.4 Å². The van der Waals surface area contributed by atoms with Gasteiger partial charge in [0.25, 0.3) is 5.91 Å². The van der Waals surface area contributed by atoms with Gasteiger partial charge in [-0.2, -0.15) is 5.10 Å². The smallest absolute Gasteiger partial charge is 0.324 e. The molecule has 8 heteroatoms. The van der Waals surface area contributed by atoms with E-state index in [1.54, 1.807) is 24.3 Å². The zero-order valence-electron chi connectivity index (χ0n) is 14.6. The van der Waals surface area contributed by atoms with Crippen LogP contribution in [0.1, 0.15) is 21.6 Å². The van der Waals surface area contributed by atoms with E-state index in [4.69, 9.17) is 0 Å². The summed E-state index contributed by atoms with van der Waals surface area (Å²) in [6, 6.07) is 12.4. The molecule has 1 fully saturated rings. The summed E-state index contributed by atoms with van der Waals surface area (Å²) in [5.41, 5.74) is 3.44. The van der Waals surface area contributed by atoms with E-state index in [9.17, 15) is 14.4 Å². The molecule has 2 aromatic carbocycles. The Balaban J connectivity index is 1.54. The van der Waals surface area contributed by atoms with Crippen molar-refractivity contribution in [2.45, 2.75) is 13.5 Å². The highest BCUT2D eigenvalue weighted by Crippen LogP contribution is 2.20. The molecule has 2 heterocycles. The zero-order valence-corrected chi connectivity index (χ0v) is 14.6. The monoisotopic (exact) mass is 363 g/mol. The highest BCUT2D eigenvalue weighted by molar-refractivity contribution is 6.11. The first-order valence-electron chi connectivity index (χ1n) is 8.44. The van der Waals surface area contributed by atoms with E-state index in [2.05, 4.69) is 20.8 Å². The molecule has 136 valence electrons. The standard InChI is InChI=1S/C19H17N5O3/c1-11-5-6-15-14(7-11)17(23-22-15)18(26)21-13-4-2-3-12(8-13)10-24-16(25)9-20-19(24)27/h2-8H,9-10H2,1H3,(H,20,27)(H,21,26)(H,22,23).